The average molecular weight is 298 g/mol. The van der Waals surface area contributed by atoms with Crippen molar-refractivity contribution in [3.8, 4) is 0 Å². The van der Waals surface area contributed by atoms with Gasteiger partial charge in [-0.15, -0.1) is 0 Å². The SMILES string of the molecule is CCNCC1(c2cccc(Br)c2)CCOCC1. The van der Waals surface area contributed by atoms with Crippen molar-refractivity contribution in [2.24, 2.45) is 0 Å². The molecule has 3 heteroatoms. The third-order valence-corrected chi connectivity index (χ3v) is 4.09. The van der Waals surface area contributed by atoms with Gasteiger partial charge in [-0.25, -0.2) is 0 Å². The molecule has 2 rings (SSSR count). The summed E-state index contributed by atoms with van der Waals surface area (Å²) in [5.74, 6) is 0. The van der Waals surface area contributed by atoms with Crippen LogP contribution < -0.4 is 5.32 Å². The third-order valence-electron chi connectivity index (χ3n) is 3.60. The quantitative estimate of drug-likeness (QED) is 0.922. The zero-order valence-electron chi connectivity index (χ0n) is 10.3. The number of likely N-dealkylation sites (N-methyl/N-ethyl adjacent to an activating group) is 1. The summed E-state index contributed by atoms with van der Waals surface area (Å²) >= 11 is 3.57. The van der Waals surface area contributed by atoms with Crippen molar-refractivity contribution in [3.05, 3.63) is 34.3 Å². The number of benzene rings is 1. The smallest absolute Gasteiger partial charge is 0.0475 e. The van der Waals surface area contributed by atoms with Crippen LogP contribution in [0.2, 0.25) is 0 Å². The van der Waals surface area contributed by atoms with E-state index in [-0.39, 0.29) is 5.41 Å². The van der Waals surface area contributed by atoms with Crippen molar-refractivity contribution >= 4 is 15.9 Å². The van der Waals surface area contributed by atoms with Gasteiger partial charge in [0.2, 0.25) is 0 Å². The van der Waals surface area contributed by atoms with E-state index in [2.05, 4.69) is 52.4 Å². The highest BCUT2D eigenvalue weighted by Crippen LogP contribution is 2.35. The van der Waals surface area contributed by atoms with Crippen LogP contribution >= 0.6 is 15.9 Å². The number of nitrogens with one attached hydrogen (secondary N) is 1. The molecule has 1 N–H and O–H groups in total. The molecule has 1 aliphatic rings. The van der Waals surface area contributed by atoms with Gasteiger partial charge < -0.3 is 10.1 Å². The lowest BCUT2D eigenvalue weighted by atomic mass is 9.74. The Bertz CT molecular complexity index is 361. The van der Waals surface area contributed by atoms with Gasteiger partial charge in [-0.1, -0.05) is 35.0 Å². The first-order valence-corrected chi connectivity index (χ1v) is 7.11. The van der Waals surface area contributed by atoms with Crippen LogP contribution in [0.5, 0.6) is 0 Å². The fourth-order valence-electron chi connectivity index (χ4n) is 2.51. The third kappa shape index (κ3) is 3.09. The molecule has 1 saturated heterocycles. The lowest BCUT2D eigenvalue weighted by Crippen LogP contribution is -2.42. The fourth-order valence-corrected chi connectivity index (χ4v) is 2.91. The maximum Gasteiger partial charge on any atom is 0.0475 e. The molecular formula is C14H20BrNO. The molecular weight excluding hydrogens is 278 g/mol. The molecule has 0 bridgehead atoms. The minimum Gasteiger partial charge on any atom is -0.381 e. The normalized spacial score (nSPS) is 19.2. The van der Waals surface area contributed by atoms with Crippen LogP contribution in [0.1, 0.15) is 25.3 Å². The molecule has 2 nitrogen and oxygen atoms in total. The molecule has 0 aliphatic carbocycles. The number of hydrogen-bond donors (Lipinski definition) is 1. The van der Waals surface area contributed by atoms with Crippen LogP contribution in [0, 0.1) is 0 Å². The van der Waals surface area contributed by atoms with E-state index in [0.717, 1.165) is 43.6 Å². The highest BCUT2D eigenvalue weighted by molar-refractivity contribution is 9.10. The molecule has 0 aromatic heterocycles. The van der Waals surface area contributed by atoms with E-state index >= 15 is 0 Å². The van der Waals surface area contributed by atoms with Gasteiger partial charge in [0, 0.05) is 29.6 Å². The predicted octanol–water partition coefficient (Wildman–Crippen LogP) is 3.11. The molecule has 1 heterocycles. The van der Waals surface area contributed by atoms with Crippen molar-refractivity contribution in [1.29, 1.82) is 0 Å². The summed E-state index contributed by atoms with van der Waals surface area (Å²) in [7, 11) is 0. The standard InChI is InChI=1S/C14H20BrNO/c1-2-16-11-14(6-8-17-9-7-14)12-4-3-5-13(15)10-12/h3-5,10,16H,2,6-9,11H2,1H3. The van der Waals surface area contributed by atoms with Gasteiger partial charge in [0.25, 0.3) is 0 Å². The van der Waals surface area contributed by atoms with Gasteiger partial charge in [0.05, 0.1) is 0 Å². The van der Waals surface area contributed by atoms with E-state index in [0.29, 0.717) is 0 Å². The van der Waals surface area contributed by atoms with Gasteiger partial charge in [-0.05, 0) is 37.1 Å². The van der Waals surface area contributed by atoms with E-state index in [1.54, 1.807) is 0 Å². The number of halogens is 1. The molecule has 1 aromatic carbocycles. The van der Waals surface area contributed by atoms with Crippen LogP contribution in [-0.2, 0) is 10.2 Å². The van der Waals surface area contributed by atoms with Crippen molar-refractivity contribution in [2.75, 3.05) is 26.3 Å². The first-order valence-electron chi connectivity index (χ1n) is 6.31. The number of rotatable bonds is 4. The molecule has 0 saturated carbocycles. The monoisotopic (exact) mass is 297 g/mol. The molecule has 0 amide bonds. The second-order valence-corrected chi connectivity index (χ2v) is 5.60. The molecule has 1 fully saturated rings. The fraction of sp³-hybridized carbons (Fsp3) is 0.571. The Hall–Kier alpha value is -0.380. The van der Waals surface area contributed by atoms with Gasteiger partial charge in [-0.2, -0.15) is 0 Å². The lowest BCUT2D eigenvalue weighted by molar-refractivity contribution is 0.0500. The Kier molecular flexibility index (Phi) is 4.60. The zero-order chi connectivity index (χ0) is 12.1. The van der Waals surface area contributed by atoms with Crippen LogP contribution in [0.25, 0.3) is 0 Å². The predicted molar refractivity (Wildman–Crippen MR) is 74.4 cm³/mol. The molecule has 0 atom stereocenters. The van der Waals surface area contributed by atoms with Crippen LogP contribution in [0.4, 0.5) is 0 Å². The Balaban J connectivity index is 2.25. The first kappa shape index (κ1) is 13.1. The van der Waals surface area contributed by atoms with Crippen molar-refractivity contribution in [1.82, 2.24) is 5.32 Å². The highest BCUT2D eigenvalue weighted by Gasteiger charge is 2.33. The summed E-state index contributed by atoms with van der Waals surface area (Å²) < 4.78 is 6.68. The Morgan fingerprint density at radius 2 is 2.12 bits per heavy atom. The molecule has 17 heavy (non-hydrogen) atoms. The Morgan fingerprint density at radius 3 is 2.76 bits per heavy atom. The van der Waals surface area contributed by atoms with Crippen molar-refractivity contribution in [2.45, 2.75) is 25.2 Å². The van der Waals surface area contributed by atoms with E-state index in [1.807, 2.05) is 0 Å². The largest absolute Gasteiger partial charge is 0.381 e. The average Bonchev–Trinajstić information content (AvgIpc) is 2.37. The van der Waals surface area contributed by atoms with Crippen LogP contribution in [0.15, 0.2) is 28.7 Å². The van der Waals surface area contributed by atoms with Gasteiger partial charge in [0.15, 0.2) is 0 Å². The Morgan fingerprint density at radius 1 is 1.35 bits per heavy atom. The first-order chi connectivity index (χ1) is 8.27. The molecule has 1 aliphatic heterocycles. The molecule has 94 valence electrons. The van der Waals surface area contributed by atoms with Crippen LogP contribution in [-0.4, -0.2) is 26.3 Å². The molecule has 0 radical (unpaired) electrons. The summed E-state index contributed by atoms with van der Waals surface area (Å²) in [4.78, 5) is 0. The molecule has 0 spiro atoms. The van der Waals surface area contributed by atoms with E-state index < -0.39 is 0 Å². The zero-order valence-corrected chi connectivity index (χ0v) is 11.9. The summed E-state index contributed by atoms with van der Waals surface area (Å²) in [6, 6.07) is 8.71. The number of hydrogen-bond acceptors (Lipinski definition) is 2. The minimum absolute atomic E-state index is 0.248. The van der Waals surface area contributed by atoms with Gasteiger partial charge in [0.1, 0.15) is 0 Å². The molecule has 0 unspecified atom stereocenters. The second kappa shape index (κ2) is 5.98. The lowest BCUT2D eigenvalue weighted by Gasteiger charge is -2.38. The summed E-state index contributed by atoms with van der Waals surface area (Å²) in [5, 5.41) is 3.51. The number of ether oxygens (including phenoxy) is 1. The minimum atomic E-state index is 0.248. The van der Waals surface area contributed by atoms with Gasteiger partial charge in [-0.3, -0.25) is 0 Å². The maximum absolute atomic E-state index is 5.52. The van der Waals surface area contributed by atoms with E-state index in [4.69, 9.17) is 4.74 Å². The highest BCUT2D eigenvalue weighted by atomic mass is 79.9. The summed E-state index contributed by atoms with van der Waals surface area (Å²) in [5.41, 5.74) is 1.68. The second-order valence-electron chi connectivity index (χ2n) is 4.68. The van der Waals surface area contributed by atoms with E-state index in [9.17, 15) is 0 Å². The van der Waals surface area contributed by atoms with E-state index in [1.165, 1.54) is 5.56 Å². The van der Waals surface area contributed by atoms with Crippen LogP contribution in [0.3, 0.4) is 0 Å². The van der Waals surface area contributed by atoms with Gasteiger partial charge >= 0.3 is 0 Å². The summed E-state index contributed by atoms with van der Waals surface area (Å²) in [6.45, 7) is 5.98. The topological polar surface area (TPSA) is 21.3 Å². The summed E-state index contributed by atoms with van der Waals surface area (Å²) in [6.07, 6.45) is 2.22. The van der Waals surface area contributed by atoms with Crippen molar-refractivity contribution in [3.63, 3.8) is 0 Å². The Labute approximate surface area is 112 Å². The molecule has 1 aromatic rings. The maximum atomic E-state index is 5.52. The van der Waals surface area contributed by atoms with Crippen molar-refractivity contribution < 1.29 is 4.74 Å².